The van der Waals surface area contributed by atoms with Gasteiger partial charge in [0, 0.05) is 6.04 Å². The molecule has 1 heteroatoms. The Labute approximate surface area is 93.3 Å². The van der Waals surface area contributed by atoms with Crippen molar-refractivity contribution in [3.05, 3.63) is 12.2 Å². The minimum atomic E-state index is 0.849. The fraction of sp³-hybridized carbons (Fsp3) is 0.857. The summed E-state index contributed by atoms with van der Waals surface area (Å²) in [6.07, 6.45) is 15.1. The highest BCUT2D eigenvalue weighted by atomic mass is 14.9. The average molecular weight is 205 g/mol. The SMILES string of the molecule is C1=C[C@H]2C[C@@H]1C[C@@H]2CNC1CCCCC1. The smallest absolute Gasteiger partial charge is 0.00671 e. The third-order valence-electron chi connectivity index (χ3n) is 4.69. The van der Waals surface area contributed by atoms with E-state index in [-0.39, 0.29) is 0 Å². The van der Waals surface area contributed by atoms with Crippen molar-refractivity contribution in [1.29, 1.82) is 0 Å². The molecule has 0 aromatic rings. The van der Waals surface area contributed by atoms with Gasteiger partial charge in [-0.3, -0.25) is 0 Å². The van der Waals surface area contributed by atoms with Gasteiger partial charge in [-0.25, -0.2) is 0 Å². The molecule has 3 aliphatic rings. The first kappa shape index (κ1) is 9.89. The predicted octanol–water partition coefficient (Wildman–Crippen LogP) is 3.12. The van der Waals surface area contributed by atoms with Gasteiger partial charge in [0.25, 0.3) is 0 Å². The second-order valence-electron chi connectivity index (χ2n) is 5.78. The molecule has 2 bridgehead atoms. The summed E-state index contributed by atoms with van der Waals surface area (Å²) < 4.78 is 0. The summed E-state index contributed by atoms with van der Waals surface area (Å²) in [5.41, 5.74) is 0. The Morgan fingerprint density at radius 2 is 1.87 bits per heavy atom. The monoisotopic (exact) mass is 205 g/mol. The van der Waals surface area contributed by atoms with E-state index in [1.807, 2.05) is 0 Å². The number of fused-ring (bicyclic) bond motifs is 2. The Balaban J connectivity index is 1.44. The van der Waals surface area contributed by atoms with Crippen LogP contribution in [0.3, 0.4) is 0 Å². The molecule has 3 atom stereocenters. The minimum absolute atomic E-state index is 0.849. The summed E-state index contributed by atoms with van der Waals surface area (Å²) in [5.74, 6) is 2.82. The van der Waals surface area contributed by atoms with Crippen LogP contribution >= 0.6 is 0 Å². The van der Waals surface area contributed by atoms with Crippen molar-refractivity contribution < 1.29 is 0 Å². The van der Waals surface area contributed by atoms with Crippen molar-refractivity contribution in [1.82, 2.24) is 5.32 Å². The van der Waals surface area contributed by atoms with Crippen molar-refractivity contribution in [2.75, 3.05) is 6.54 Å². The van der Waals surface area contributed by atoms with E-state index in [9.17, 15) is 0 Å². The molecule has 1 N–H and O–H groups in total. The molecule has 1 nitrogen and oxygen atoms in total. The molecule has 0 aromatic carbocycles. The summed E-state index contributed by atoms with van der Waals surface area (Å²) in [4.78, 5) is 0. The number of hydrogen-bond donors (Lipinski definition) is 1. The molecule has 0 saturated heterocycles. The molecule has 0 amide bonds. The molecule has 2 fully saturated rings. The summed E-state index contributed by atoms with van der Waals surface area (Å²) in [6.45, 7) is 1.29. The zero-order valence-electron chi connectivity index (χ0n) is 9.62. The van der Waals surface area contributed by atoms with Crippen molar-refractivity contribution in [2.45, 2.75) is 51.0 Å². The van der Waals surface area contributed by atoms with E-state index in [1.165, 1.54) is 51.5 Å². The first-order valence-corrected chi connectivity index (χ1v) is 6.83. The van der Waals surface area contributed by atoms with Crippen LogP contribution in [0.15, 0.2) is 12.2 Å². The lowest BCUT2D eigenvalue weighted by Gasteiger charge is -2.26. The summed E-state index contributed by atoms with van der Waals surface area (Å²) in [6, 6.07) is 0.849. The largest absolute Gasteiger partial charge is 0.314 e. The number of hydrogen-bond acceptors (Lipinski definition) is 1. The van der Waals surface area contributed by atoms with E-state index in [1.54, 1.807) is 0 Å². The highest BCUT2D eigenvalue weighted by molar-refractivity contribution is 5.10. The van der Waals surface area contributed by atoms with Crippen LogP contribution in [-0.4, -0.2) is 12.6 Å². The highest BCUT2D eigenvalue weighted by Gasteiger charge is 2.35. The van der Waals surface area contributed by atoms with E-state index >= 15 is 0 Å². The van der Waals surface area contributed by atoms with Gasteiger partial charge in [-0.2, -0.15) is 0 Å². The molecule has 0 radical (unpaired) electrons. The van der Waals surface area contributed by atoms with Gasteiger partial charge < -0.3 is 5.32 Å². The zero-order chi connectivity index (χ0) is 10.1. The molecule has 3 rings (SSSR count). The van der Waals surface area contributed by atoms with Crippen LogP contribution in [-0.2, 0) is 0 Å². The minimum Gasteiger partial charge on any atom is -0.314 e. The van der Waals surface area contributed by atoms with Crippen molar-refractivity contribution in [2.24, 2.45) is 17.8 Å². The van der Waals surface area contributed by atoms with E-state index < -0.39 is 0 Å². The Bertz CT molecular complexity index is 240. The van der Waals surface area contributed by atoms with Crippen LogP contribution in [0.5, 0.6) is 0 Å². The summed E-state index contributed by atoms with van der Waals surface area (Å²) in [5, 5.41) is 3.81. The first-order chi connectivity index (χ1) is 7.42. The molecule has 2 saturated carbocycles. The molecule has 0 aliphatic heterocycles. The molecular formula is C14H23N. The van der Waals surface area contributed by atoms with E-state index in [4.69, 9.17) is 0 Å². The molecule has 0 spiro atoms. The third kappa shape index (κ3) is 2.13. The molecule has 0 aromatic heterocycles. The van der Waals surface area contributed by atoms with Gasteiger partial charge in [0.15, 0.2) is 0 Å². The van der Waals surface area contributed by atoms with Gasteiger partial charge in [0.05, 0.1) is 0 Å². The lowest BCUT2D eigenvalue weighted by molar-refractivity contribution is 0.328. The second-order valence-corrected chi connectivity index (χ2v) is 5.78. The Kier molecular flexibility index (Phi) is 2.83. The van der Waals surface area contributed by atoms with Gasteiger partial charge in [-0.15, -0.1) is 0 Å². The Morgan fingerprint density at radius 3 is 2.53 bits per heavy atom. The molecule has 3 aliphatic carbocycles. The molecule has 84 valence electrons. The van der Waals surface area contributed by atoms with Crippen LogP contribution in [0.1, 0.15) is 44.9 Å². The second kappa shape index (κ2) is 4.29. The van der Waals surface area contributed by atoms with Gasteiger partial charge in [-0.1, -0.05) is 31.4 Å². The number of rotatable bonds is 3. The predicted molar refractivity (Wildman–Crippen MR) is 63.7 cm³/mol. The summed E-state index contributed by atoms with van der Waals surface area (Å²) >= 11 is 0. The standard InChI is InChI=1S/C14H23N/c1-2-4-14(5-3-1)15-10-13-9-11-6-7-12(13)8-11/h6-7,11-15H,1-5,8-10H2/t11-,12+,13-/m1/s1. The highest BCUT2D eigenvalue weighted by Crippen LogP contribution is 2.43. The van der Waals surface area contributed by atoms with Crippen LogP contribution in [0.25, 0.3) is 0 Å². The molecule has 0 heterocycles. The lowest BCUT2D eigenvalue weighted by Crippen LogP contribution is -2.35. The van der Waals surface area contributed by atoms with Crippen LogP contribution in [0, 0.1) is 17.8 Å². The lowest BCUT2D eigenvalue weighted by atomic mass is 9.91. The van der Waals surface area contributed by atoms with Crippen LogP contribution in [0.2, 0.25) is 0 Å². The third-order valence-corrected chi connectivity index (χ3v) is 4.69. The zero-order valence-corrected chi connectivity index (χ0v) is 9.62. The van der Waals surface area contributed by atoms with Crippen LogP contribution in [0.4, 0.5) is 0 Å². The normalized spacial score (nSPS) is 40.1. The quantitative estimate of drug-likeness (QED) is 0.698. The maximum absolute atomic E-state index is 3.81. The molecule has 0 unspecified atom stereocenters. The average Bonchev–Trinajstić information content (AvgIpc) is 2.89. The van der Waals surface area contributed by atoms with Gasteiger partial charge in [-0.05, 0) is 50.0 Å². The topological polar surface area (TPSA) is 12.0 Å². The van der Waals surface area contributed by atoms with Gasteiger partial charge in [0.1, 0.15) is 0 Å². The first-order valence-electron chi connectivity index (χ1n) is 6.83. The number of allylic oxidation sites excluding steroid dienone is 2. The Morgan fingerprint density at radius 1 is 1.00 bits per heavy atom. The van der Waals surface area contributed by atoms with Crippen molar-refractivity contribution >= 4 is 0 Å². The van der Waals surface area contributed by atoms with Gasteiger partial charge >= 0.3 is 0 Å². The maximum atomic E-state index is 3.81. The Hall–Kier alpha value is -0.300. The van der Waals surface area contributed by atoms with Gasteiger partial charge in [0.2, 0.25) is 0 Å². The van der Waals surface area contributed by atoms with Crippen LogP contribution < -0.4 is 5.32 Å². The number of nitrogens with one attached hydrogen (secondary N) is 1. The van der Waals surface area contributed by atoms with E-state index in [2.05, 4.69) is 17.5 Å². The molecular weight excluding hydrogens is 182 g/mol. The fourth-order valence-corrected chi connectivity index (χ4v) is 3.75. The van der Waals surface area contributed by atoms with Crippen molar-refractivity contribution in [3.63, 3.8) is 0 Å². The summed E-state index contributed by atoms with van der Waals surface area (Å²) in [7, 11) is 0. The molecule has 15 heavy (non-hydrogen) atoms. The van der Waals surface area contributed by atoms with Crippen molar-refractivity contribution in [3.8, 4) is 0 Å². The maximum Gasteiger partial charge on any atom is 0.00671 e. The fourth-order valence-electron chi connectivity index (χ4n) is 3.75. The van der Waals surface area contributed by atoms with E-state index in [0.29, 0.717) is 0 Å². The van der Waals surface area contributed by atoms with E-state index in [0.717, 1.165) is 23.8 Å².